The summed E-state index contributed by atoms with van der Waals surface area (Å²) in [7, 11) is 0. The van der Waals surface area contributed by atoms with Crippen molar-refractivity contribution in [3.63, 3.8) is 0 Å². The Morgan fingerprint density at radius 2 is 2.23 bits per heavy atom. The molecule has 0 bridgehead atoms. The summed E-state index contributed by atoms with van der Waals surface area (Å²) in [5.41, 5.74) is 0.963. The third-order valence-corrected chi connectivity index (χ3v) is 4.66. The molecule has 2 aromatic heterocycles. The highest BCUT2D eigenvalue weighted by Crippen LogP contribution is 2.31. The number of rotatable bonds is 4. The van der Waals surface area contributed by atoms with Crippen LogP contribution in [0.3, 0.4) is 0 Å². The van der Waals surface area contributed by atoms with Gasteiger partial charge in [-0.05, 0) is 58.0 Å². The minimum absolute atomic E-state index is 0.319. The molecule has 0 radical (unpaired) electrons. The van der Waals surface area contributed by atoms with Gasteiger partial charge in [0.2, 0.25) is 0 Å². The molecule has 1 aliphatic rings. The zero-order valence-electron chi connectivity index (χ0n) is 13.3. The lowest BCUT2D eigenvalue weighted by Gasteiger charge is -2.24. The van der Waals surface area contributed by atoms with Gasteiger partial charge in [-0.25, -0.2) is 9.97 Å². The summed E-state index contributed by atoms with van der Waals surface area (Å²) in [5.74, 6) is 1.52. The second-order valence-corrected chi connectivity index (χ2v) is 6.86. The summed E-state index contributed by atoms with van der Waals surface area (Å²) in [6, 6.07) is 2.22. The summed E-state index contributed by atoms with van der Waals surface area (Å²) in [6.45, 7) is 8.40. The van der Waals surface area contributed by atoms with Gasteiger partial charge in [0.15, 0.2) is 10.3 Å². The van der Waals surface area contributed by atoms with Crippen LogP contribution in [0.2, 0.25) is 0 Å². The molecule has 22 heavy (non-hydrogen) atoms. The van der Waals surface area contributed by atoms with Crippen LogP contribution in [0.15, 0.2) is 22.6 Å². The molecule has 1 atom stereocenters. The Balaban J connectivity index is 1.89. The standard InChI is InChI=1S/C15H22N6S/c1-10(2)21-13(12-5-4-7-16-9-12)19-20-15(21)22-14-17-8-6-11(3)18-14/h6,8,10,12,16H,4-5,7,9H2,1-3H3. The molecule has 3 rings (SSSR count). The molecule has 3 heterocycles. The maximum absolute atomic E-state index is 4.48. The van der Waals surface area contributed by atoms with Gasteiger partial charge in [-0.1, -0.05) is 0 Å². The van der Waals surface area contributed by atoms with Gasteiger partial charge in [0.05, 0.1) is 0 Å². The maximum Gasteiger partial charge on any atom is 0.199 e. The van der Waals surface area contributed by atoms with Crippen molar-refractivity contribution < 1.29 is 0 Å². The number of nitrogens with zero attached hydrogens (tertiary/aromatic N) is 5. The molecule has 0 spiro atoms. The van der Waals surface area contributed by atoms with E-state index in [2.05, 4.69) is 43.9 Å². The van der Waals surface area contributed by atoms with Gasteiger partial charge in [0, 0.05) is 30.4 Å². The number of piperidine rings is 1. The first-order valence-corrected chi connectivity index (χ1v) is 8.60. The SMILES string of the molecule is Cc1ccnc(Sc2nnc(C3CCCNC3)n2C(C)C)n1. The Kier molecular flexibility index (Phi) is 4.73. The zero-order valence-corrected chi connectivity index (χ0v) is 14.1. The van der Waals surface area contributed by atoms with Gasteiger partial charge >= 0.3 is 0 Å². The Labute approximate surface area is 135 Å². The molecular formula is C15H22N6S. The highest BCUT2D eigenvalue weighted by molar-refractivity contribution is 7.99. The highest BCUT2D eigenvalue weighted by atomic mass is 32.2. The lowest BCUT2D eigenvalue weighted by Crippen LogP contribution is -2.30. The first-order chi connectivity index (χ1) is 10.6. The van der Waals surface area contributed by atoms with Crippen molar-refractivity contribution in [1.82, 2.24) is 30.0 Å². The fourth-order valence-electron chi connectivity index (χ4n) is 2.75. The fraction of sp³-hybridized carbons (Fsp3) is 0.600. The van der Waals surface area contributed by atoms with Crippen LogP contribution in [0.1, 0.15) is 50.2 Å². The largest absolute Gasteiger partial charge is 0.316 e. The molecule has 7 heteroatoms. The Morgan fingerprint density at radius 3 is 2.91 bits per heavy atom. The third kappa shape index (κ3) is 3.30. The third-order valence-electron chi connectivity index (χ3n) is 3.82. The molecule has 0 aromatic carbocycles. The van der Waals surface area contributed by atoms with Crippen molar-refractivity contribution >= 4 is 11.8 Å². The summed E-state index contributed by atoms with van der Waals surface area (Å²) >= 11 is 1.49. The lowest BCUT2D eigenvalue weighted by atomic mass is 9.98. The molecule has 0 saturated carbocycles. The normalized spacial score (nSPS) is 18.8. The molecule has 1 aliphatic heterocycles. The molecule has 0 aliphatic carbocycles. The van der Waals surface area contributed by atoms with Gasteiger partial charge < -0.3 is 9.88 Å². The summed E-state index contributed by atoms with van der Waals surface area (Å²) in [4.78, 5) is 8.76. The van der Waals surface area contributed by atoms with Crippen molar-refractivity contribution in [2.75, 3.05) is 13.1 Å². The van der Waals surface area contributed by atoms with E-state index in [1.54, 1.807) is 6.20 Å². The van der Waals surface area contributed by atoms with E-state index in [1.165, 1.54) is 24.6 Å². The molecule has 6 nitrogen and oxygen atoms in total. The van der Waals surface area contributed by atoms with E-state index in [4.69, 9.17) is 0 Å². The number of aryl methyl sites for hydroxylation is 1. The van der Waals surface area contributed by atoms with E-state index >= 15 is 0 Å². The first kappa shape index (κ1) is 15.4. The van der Waals surface area contributed by atoms with Crippen LogP contribution in [-0.4, -0.2) is 37.8 Å². The quantitative estimate of drug-likeness (QED) is 0.874. The van der Waals surface area contributed by atoms with Crippen molar-refractivity contribution in [1.29, 1.82) is 0 Å². The molecule has 0 amide bonds. The van der Waals surface area contributed by atoms with Gasteiger partial charge in [0.1, 0.15) is 5.82 Å². The van der Waals surface area contributed by atoms with E-state index < -0.39 is 0 Å². The van der Waals surface area contributed by atoms with Crippen LogP contribution in [0.25, 0.3) is 0 Å². The zero-order chi connectivity index (χ0) is 15.5. The molecular weight excluding hydrogens is 296 g/mol. The lowest BCUT2D eigenvalue weighted by molar-refractivity contribution is 0.414. The van der Waals surface area contributed by atoms with Crippen LogP contribution in [0.5, 0.6) is 0 Å². The number of nitrogens with one attached hydrogen (secondary N) is 1. The molecule has 2 aromatic rings. The topological polar surface area (TPSA) is 68.5 Å². The van der Waals surface area contributed by atoms with Crippen LogP contribution < -0.4 is 5.32 Å². The Morgan fingerprint density at radius 1 is 1.36 bits per heavy atom. The van der Waals surface area contributed by atoms with E-state index in [9.17, 15) is 0 Å². The van der Waals surface area contributed by atoms with Gasteiger partial charge in [0.25, 0.3) is 0 Å². The monoisotopic (exact) mass is 318 g/mol. The van der Waals surface area contributed by atoms with E-state index in [1.807, 2.05) is 13.0 Å². The van der Waals surface area contributed by atoms with E-state index in [0.29, 0.717) is 12.0 Å². The predicted octanol–water partition coefficient (Wildman–Crippen LogP) is 2.58. The Bertz CT molecular complexity index is 633. The number of hydrogen-bond acceptors (Lipinski definition) is 6. The van der Waals surface area contributed by atoms with Crippen LogP contribution in [0.4, 0.5) is 0 Å². The minimum atomic E-state index is 0.319. The second kappa shape index (κ2) is 6.75. The maximum atomic E-state index is 4.48. The van der Waals surface area contributed by atoms with Gasteiger partial charge in [-0.3, -0.25) is 0 Å². The van der Waals surface area contributed by atoms with Crippen LogP contribution in [0, 0.1) is 6.92 Å². The van der Waals surface area contributed by atoms with Crippen molar-refractivity contribution in [2.45, 2.75) is 55.9 Å². The predicted molar refractivity (Wildman–Crippen MR) is 86.1 cm³/mol. The fourth-order valence-corrected chi connectivity index (χ4v) is 3.70. The first-order valence-electron chi connectivity index (χ1n) is 7.78. The molecule has 1 saturated heterocycles. The average molecular weight is 318 g/mol. The number of aromatic nitrogens is 5. The van der Waals surface area contributed by atoms with Gasteiger partial charge in [-0.2, -0.15) is 0 Å². The summed E-state index contributed by atoms with van der Waals surface area (Å²) in [5, 5.41) is 13.9. The minimum Gasteiger partial charge on any atom is -0.316 e. The second-order valence-electron chi connectivity index (χ2n) is 5.93. The molecule has 1 fully saturated rings. The van der Waals surface area contributed by atoms with E-state index in [0.717, 1.165) is 34.9 Å². The Hall–Kier alpha value is -1.47. The smallest absolute Gasteiger partial charge is 0.199 e. The molecule has 118 valence electrons. The summed E-state index contributed by atoms with van der Waals surface area (Å²) in [6.07, 6.45) is 4.15. The average Bonchev–Trinajstić information content (AvgIpc) is 2.92. The molecule has 1 N–H and O–H groups in total. The summed E-state index contributed by atoms with van der Waals surface area (Å²) < 4.78 is 2.23. The van der Waals surface area contributed by atoms with E-state index in [-0.39, 0.29) is 0 Å². The van der Waals surface area contributed by atoms with Crippen molar-refractivity contribution in [2.24, 2.45) is 0 Å². The van der Waals surface area contributed by atoms with Crippen molar-refractivity contribution in [3.8, 4) is 0 Å². The van der Waals surface area contributed by atoms with Crippen molar-refractivity contribution in [3.05, 3.63) is 23.8 Å². The molecule has 1 unspecified atom stereocenters. The number of hydrogen-bond donors (Lipinski definition) is 1. The van der Waals surface area contributed by atoms with Crippen LogP contribution >= 0.6 is 11.8 Å². The van der Waals surface area contributed by atoms with Gasteiger partial charge in [-0.15, -0.1) is 10.2 Å². The van der Waals surface area contributed by atoms with Crippen LogP contribution in [-0.2, 0) is 0 Å². The highest BCUT2D eigenvalue weighted by Gasteiger charge is 2.25.